The number of hydrogen-bond acceptors (Lipinski definition) is 5. The molecule has 0 bridgehead atoms. The van der Waals surface area contributed by atoms with Gasteiger partial charge in [-0.3, -0.25) is 14.1 Å². The highest BCUT2D eigenvalue weighted by molar-refractivity contribution is 7.46. The maximum Gasteiger partial charge on any atom is 0.469 e. The second-order valence-corrected chi connectivity index (χ2v) is 8.03. The standard InChI is InChI=1S/C14H27N2O7P/c1-10(17)15-12(9-22-24(19,20)21)13(18)16-7-5-11(6-8-16)23-14(2,3)4/h11-12H,5-9H2,1-4H3,(H,15,17)(H2,19,20,21)/t12-/m0/s1. The number of carbonyl (C=O) groups excluding carboxylic acids is 2. The minimum absolute atomic E-state index is 0.0552. The fourth-order valence-electron chi connectivity index (χ4n) is 2.51. The Kier molecular flexibility index (Phi) is 7.37. The van der Waals surface area contributed by atoms with Crippen molar-refractivity contribution in [2.45, 2.75) is 58.3 Å². The van der Waals surface area contributed by atoms with Gasteiger partial charge < -0.3 is 24.7 Å². The van der Waals surface area contributed by atoms with E-state index < -0.39 is 32.3 Å². The maximum absolute atomic E-state index is 12.5. The van der Waals surface area contributed by atoms with Crippen LogP contribution in [0, 0.1) is 0 Å². The van der Waals surface area contributed by atoms with E-state index in [0.29, 0.717) is 25.9 Å². The summed E-state index contributed by atoms with van der Waals surface area (Å²) in [6.45, 7) is 7.45. The first-order valence-electron chi connectivity index (χ1n) is 7.81. The Labute approximate surface area is 141 Å². The normalized spacial score (nSPS) is 18.3. The largest absolute Gasteiger partial charge is 0.469 e. The Morgan fingerprint density at radius 3 is 2.25 bits per heavy atom. The van der Waals surface area contributed by atoms with E-state index >= 15 is 0 Å². The third-order valence-corrected chi connectivity index (χ3v) is 3.84. The van der Waals surface area contributed by atoms with E-state index in [9.17, 15) is 14.2 Å². The van der Waals surface area contributed by atoms with Crippen molar-refractivity contribution in [2.75, 3.05) is 19.7 Å². The number of ether oxygens (including phenoxy) is 1. The van der Waals surface area contributed by atoms with Gasteiger partial charge in [-0.1, -0.05) is 0 Å². The van der Waals surface area contributed by atoms with Gasteiger partial charge in [-0.25, -0.2) is 4.57 Å². The average Bonchev–Trinajstić information content (AvgIpc) is 2.40. The minimum atomic E-state index is -4.72. The van der Waals surface area contributed by atoms with E-state index in [1.54, 1.807) is 4.90 Å². The number of phosphoric ester groups is 1. The van der Waals surface area contributed by atoms with Crippen molar-refractivity contribution < 1.29 is 33.2 Å². The van der Waals surface area contributed by atoms with Crippen molar-refractivity contribution in [3.05, 3.63) is 0 Å². The Morgan fingerprint density at radius 2 is 1.83 bits per heavy atom. The van der Waals surface area contributed by atoms with E-state index in [4.69, 9.17) is 14.5 Å². The van der Waals surface area contributed by atoms with Crippen LogP contribution in [-0.4, -0.2) is 63.9 Å². The van der Waals surface area contributed by atoms with Gasteiger partial charge in [-0.05, 0) is 33.6 Å². The van der Waals surface area contributed by atoms with Crippen LogP contribution in [0.3, 0.4) is 0 Å². The van der Waals surface area contributed by atoms with E-state index in [0.717, 1.165) is 0 Å². The summed E-state index contributed by atoms with van der Waals surface area (Å²) in [7, 11) is -4.72. The first kappa shape index (κ1) is 21.1. The summed E-state index contributed by atoms with van der Waals surface area (Å²) in [5.41, 5.74) is -0.257. The third kappa shape index (κ3) is 8.21. The Bertz CT molecular complexity index is 492. The lowest BCUT2D eigenvalue weighted by Crippen LogP contribution is -2.53. The fourth-order valence-corrected chi connectivity index (χ4v) is 2.85. The molecule has 1 heterocycles. The average molecular weight is 366 g/mol. The van der Waals surface area contributed by atoms with Crippen molar-refractivity contribution in [1.29, 1.82) is 0 Å². The fraction of sp³-hybridized carbons (Fsp3) is 0.857. The van der Waals surface area contributed by atoms with Crippen LogP contribution < -0.4 is 5.32 Å². The van der Waals surface area contributed by atoms with Crippen LogP contribution in [-0.2, 0) is 23.4 Å². The molecule has 1 rings (SSSR count). The van der Waals surface area contributed by atoms with Crippen molar-refractivity contribution in [1.82, 2.24) is 10.2 Å². The Morgan fingerprint density at radius 1 is 1.29 bits per heavy atom. The topological polar surface area (TPSA) is 125 Å². The zero-order valence-corrected chi connectivity index (χ0v) is 15.4. The summed E-state index contributed by atoms with van der Waals surface area (Å²) in [5.74, 6) is -0.901. The monoisotopic (exact) mass is 366 g/mol. The summed E-state index contributed by atoms with van der Waals surface area (Å²) in [4.78, 5) is 42.8. The van der Waals surface area contributed by atoms with Gasteiger partial charge in [0.25, 0.3) is 0 Å². The van der Waals surface area contributed by atoms with E-state index in [2.05, 4.69) is 9.84 Å². The Hall–Kier alpha value is -0.990. The summed E-state index contributed by atoms with van der Waals surface area (Å²) in [6.07, 6.45) is 1.38. The molecule has 0 aromatic rings. The van der Waals surface area contributed by atoms with Gasteiger partial charge in [0.05, 0.1) is 18.3 Å². The van der Waals surface area contributed by atoms with Crippen molar-refractivity contribution in [3.63, 3.8) is 0 Å². The molecule has 1 aliphatic heterocycles. The highest BCUT2D eigenvalue weighted by atomic mass is 31.2. The number of phosphoric acid groups is 1. The van der Waals surface area contributed by atoms with Crippen LogP contribution in [0.4, 0.5) is 0 Å². The summed E-state index contributed by atoms with van der Waals surface area (Å²) < 4.78 is 21.1. The number of carbonyl (C=O) groups is 2. The molecule has 24 heavy (non-hydrogen) atoms. The lowest BCUT2D eigenvalue weighted by atomic mass is 10.0. The van der Waals surface area contributed by atoms with E-state index in [-0.39, 0.29) is 11.7 Å². The molecule has 0 aromatic carbocycles. The van der Waals surface area contributed by atoms with Crippen LogP contribution in [0.1, 0.15) is 40.5 Å². The molecule has 2 amide bonds. The van der Waals surface area contributed by atoms with Gasteiger partial charge in [0, 0.05) is 20.0 Å². The molecule has 0 spiro atoms. The van der Waals surface area contributed by atoms with Crippen LogP contribution in [0.25, 0.3) is 0 Å². The predicted octanol–water partition coefficient (Wildman–Crippen LogP) is 0.406. The van der Waals surface area contributed by atoms with Crippen LogP contribution >= 0.6 is 7.82 Å². The van der Waals surface area contributed by atoms with E-state index in [1.807, 2.05) is 20.8 Å². The number of likely N-dealkylation sites (tertiary alicyclic amines) is 1. The molecule has 0 unspecified atom stereocenters. The van der Waals surface area contributed by atoms with Crippen LogP contribution in [0.15, 0.2) is 0 Å². The molecule has 0 aliphatic carbocycles. The zero-order valence-electron chi connectivity index (χ0n) is 14.5. The molecule has 0 radical (unpaired) electrons. The molecule has 1 saturated heterocycles. The van der Waals surface area contributed by atoms with Crippen molar-refractivity contribution >= 4 is 19.6 Å². The summed E-state index contributed by atoms with van der Waals surface area (Å²) in [5, 5.41) is 2.37. The first-order valence-corrected chi connectivity index (χ1v) is 9.34. The highest BCUT2D eigenvalue weighted by Gasteiger charge is 2.32. The highest BCUT2D eigenvalue weighted by Crippen LogP contribution is 2.35. The molecule has 1 aliphatic rings. The number of piperidine rings is 1. The van der Waals surface area contributed by atoms with E-state index in [1.165, 1.54) is 6.92 Å². The van der Waals surface area contributed by atoms with Crippen molar-refractivity contribution in [3.8, 4) is 0 Å². The number of nitrogens with one attached hydrogen (secondary N) is 1. The molecule has 0 saturated carbocycles. The Balaban J connectivity index is 2.61. The van der Waals surface area contributed by atoms with Gasteiger partial charge in [0.2, 0.25) is 11.8 Å². The molecule has 1 atom stereocenters. The van der Waals surface area contributed by atoms with Crippen LogP contribution in [0.5, 0.6) is 0 Å². The van der Waals surface area contributed by atoms with Crippen molar-refractivity contribution in [2.24, 2.45) is 0 Å². The molecular formula is C14H27N2O7P. The van der Waals surface area contributed by atoms with Gasteiger partial charge >= 0.3 is 7.82 Å². The lowest BCUT2D eigenvalue weighted by Gasteiger charge is -2.36. The number of nitrogens with zero attached hydrogens (tertiary/aromatic N) is 1. The molecule has 3 N–H and O–H groups in total. The van der Waals surface area contributed by atoms with Gasteiger partial charge in [-0.2, -0.15) is 0 Å². The molecule has 9 nitrogen and oxygen atoms in total. The predicted molar refractivity (Wildman–Crippen MR) is 86.0 cm³/mol. The zero-order chi connectivity index (χ0) is 18.5. The van der Waals surface area contributed by atoms with Crippen LogP contribution in [0.2, 0.25) is 0 Å². The number of rotatable bonds is 6. The SMILES string of the molecule is CC(=O)N[C@@H](COP(=O)(O)O)C(=O)N1CCC(OC(C)(C)C)CC1. The maximum atomic E-state index is 12.5. The second kappa shape index (κ2) is 8.40. The van der Waals surface area contributed by atoms with Gasteiger partial charge in [0.1, 0.15) is 6.04 Å². The summed E-state index contributed by atoms with van der Waals surface area (Å²) in [6, 6.07) is -1.13. The molecule has 0 aromatic heterocycles. The lowest BCUT2D eigenvalue weighted by molar-refractivity contribution is -0.141. The first-order chi connectivity index (χ1) is 10.9. The number of amides is 2. The third-order valence-electron chi connectivity index (χ3n) is 3.36. The molecular weight excluding hydrogens is 339 g/mol. The molecule has 10 heteroatoms. The molecule has 140 valence electrons. The minimum Gasteiger partial charge on any atom is -0.372 e. The quantitative estimate of drug-likeness (QED) is 0.581. The smallest absolute Gasteiger partial charge is 0.372 e. The van der Waals surface area contributed by atoms with Gasteiger partial charge in [0.15, 0.2) is 0 Å². The summed E-state index contributed by atoms with van der Waals surface area (Å²) >= 11 is 0. The number of hydrogen-bond donors (Lipinski definition) is 3. The van der Waals surface area contributed by atoms with Gasteiger partial charge in [-0.15, -0.1) is 0 Å². The second-order valence-electron chi connectivity index (χ2n) is 6.79. The molecule has 1 fully saturated rings.